The molecule has 0 spiro atoms. The summed E-state index contributed by atoms with van der Waals surface area (Å²) in [5.74, 6) is -0.810. The summed E-state index contributed by atoms with van der Waals surface area (Å²) in [4.78, 5) is 40.2. The zero-order valence-corrected chi connectivity index (χ0v) is 18.8. The summed E-state index contributed by atoms with van der Waals surface area (Å²) in [6.07, 6.45) is 6.08. The van der Waals surface area contributed by atoms with Crippen molar-refractivity contribution in [2.24, 2.45) is 0 Å². The van der Waals surface area contributed by atoms with Crippen molar-refractivity contribution in [2.45, 2.75) is 63.6 Å². The molecule has 4 rings (SSSR count). The van der Waals surface area contributed by atoms with E-state index >= 15 is 0 Å². The van der Waals surface area contributed by atoms with Gasteiger partial charge < -0.3 is 15.5 Å². The number of benzene rings is 1. The van der Waals surface area contributed by atoms with Crippen LogP contribution in [0.15, 0.2) is 36.4 Å². The van der Waals surface area contributed by atoms with E-state index in [0.29, 0.717) is 18.7 Å². The Morgan fingerprint density at radius 1 is 1.16 bits per heavy atom. The minimum atomic E-state index is -1.06. The molecule has 0 bridgehead atoms. The smallest absolute Gasteiger partial charge is 0.272 e. The second-order valence-electron chi connectivity index (χ2n) is 9.01. The minimum Gasteiger partial charge on any atom is -0.351 e. The maximum absolute atomic E-state index is 13.1. The van der Waals surface area contributed by atoms with Crippen LogP contribution in [0.2, 0.25) is 0 Å². The fourth-order valence-electron chi connectivity index (χ4n) is 4.48. The highest BCUT2D eigenvalue weighted by atomic mass is 16.2. The number of hydrogen-bond donors (Lipinski definition) is 2. The van der Waals surface area contributed by atoms with Gasteiger partial charge in [0.2, 0.25) is 5.91 Å². The van der Waals surface area contributed by atoms with Gasteiger partial charge in [0.15, 0.2) is 5.69 Å². The maximum Gasteiger partial charge on any atom is 0.272 e. The number of nitrogens with zero attached hydrogens (tertiary/aromatic N) is 3. The highest BCUT2D eigenvalue weighted by molar-refractivity contribution is 6.01. The molecular formula is C24H31N5O3. The summed E-state index contributed by atoms with van der Waals surface area (Å²) < 4.78 is 1.49. The molecule has 8 nitrogen and oxygen atoms in total. The van der Waals surface area contributed by atoms with Gasteiger partial charge in [0, 0.05) is 25.7 Å². The van der Waals surface area contributed by atoms with Gasteiger partial charge in [-0.15, -0.1) is 0 Å². The molecule has 2 aromatic rings. The molecule has 1 aromatic carbocycles. The lowest BCUT2D eigenvalue weighted by atomic mass is 9.92. The van der Waals surface area contributed by atoms with Crippen LogP contribution in [0.5, 0.6) is 0 Å². The van der Waals surface area contributed by atoms with E-state index in [9.17, 15) is 14.4 Å². The summed E-state index contributed by atoms with van der Waals surface area (Å²) in [6, 6.07) is 11.6. The molecule has 170 valence electrons. The first kappa shape index (κ1) is 22.0. The van der Waals surface area contributed by atoms with Crippen LogP contribution in [-0.2, 0) is 17.8 Å². The van der Waals surface area contributed by atoms with Gasteiger partial charge in [0.1, 0.15) is 11.2 Å². The van der Waals surface area contributed by atoms with Crippen molar-refractivity contribution in [1.82, 2.24) is 25.3 Å². The molecule has 1 unspecified atom stereocenters. The zero-order valence-electron chi connectivity index (χ0n) is 18.8. The Kier molecular flexibility index (Phi) is 6.30. The van der Waals surface area contributed by atoms with Crippen LogP contribution >= 0.6 is 0 Å². The lowest BCUT2D eigenvalue weighted by molar-refractivity contribution is -0.133. The van der Waals surface area contributed by atoms with Crippen LogP contribution in [-0.4, -0.2) is 57.6 Å². The predicted octanol–water partition coefficient (Wildman–Crippen LogP) is 2.15. The Bertz CT molecular complexity index is 996. The van der Waals surface area contributed by atoms with Gasteiger partial charge in [-0.2, -0.15) is 5.10 Å². The molecule has 1 aliphatic heterocycles. The standard InChI is InChI=1S/C24H31N5O3/c1-24(23(32)26-18-11-7-4-8-12-18)16-29-20(22(31)28(24)2)15-19(27-29)21(30)25-14-13-17-9-5-3-6-10-17/h3,5-6,9-10,15,18H,4,7-8,11-14,16H2,1-2H3,(H,25,30)(H,26,32). The molecule has 1 atom stereocenters. The molecular weight excluding hydrogens is 406 g/mol. The van der Waals surface area contributed by atoms with Crippen molar-refractivity contribution < 1.29 is 14.4 Å². The van der Waals surface area contributed by atoms with Crippen LogP contribution in [0, 0.1) is 0 Å². The van der Waals surface area contributed by atoms with Gasteiger partial charge in [0.25, 0.3) is 11.8 Å². The summed E-state index contributed by atoms with van der Waals surface area (Å²) in [6.45, 7) is 2.44. The largest absolute Gasteiger partial charge is 0.351 e. The summed E-state index contributed by atoms with van der Waals surface area (Å²) in [5.41, 5.74) is 0.582. The van der Waals surface area contributed by atoms with Crippen LogP contribution in [0.25, 0.3) is 0 Å². The molecule has 0 saturated heterocycles. The quantitative estimate of drug-likeness (QED) is 0.724. The fraction of sp³-hybridized carbons (Fsp3) is 0.500. The fourth-order valence-corrected chi connectivity index (χ4v) is 4.48. The molecule has 8 heteroatoms. The summed E-state index contributed by atoms with van der Waals surface area (Å²) in [7, 11) is 1.64. The number of fused-ring (bicyclic) bond motifs is 1. The number of amides is 3. The lowest BCUT2D eigenvalue weighted by Gasteiger charge is -2.41. The first-order valence-electron chi connectivity index (χ1n) is 11.4. The Labute approximate surface area is 188 Å². The summed E-state index contributed by atoms with van der Waals surface area (Å²) >= 11 is 0. The highest BCUT2D eigenvalue weighted by Crippen LogP contribution is 2.27. The molecule has 1 aliphatic carbocycles. The van der Waals surface area contributed by atoms with Gasteiger partial charge >= 0.3 is 0 Å². The molecule has 3 amide bonds. The van der Waals surface area contributed by atoms with E-state index in [1.54, 1.807) is 14.0 Å². The minimum absolute atomic E-state index is 0.154. The van der Waals surface area contributed by atoms with Crippen LogP contribution in [0.4, 0.5) is 0 Å². The van der Waals surface area contributed by atoms with E-state index in [2.05, 4.69) is 15.7 Å². The van der Waals surface area contributed by atoms with Crippen molar-refractivity contribution >= 4 is 17.7 Å². The molecule has 1 aromatic heterocycles. The van der Waals surface area contributed by atoms with Gasteiger partial charge in [-0.3, -0.25) is 19.1 Å². The van der Waals surface area contributed by atoms with Crippen LogP contribution in [0.3, 0.4) is 0 Å². The van der Waals surface area contributed by atoms with Crippen molar-refractivity contribution in [2.75, 3.05) is 13.6 Å². The number of aromatic nitrogens is 2. The van der Waals surface area contributed by atoms with E-state index in [4.69, 9.17) is 0 Å². The predicted molar refractivity (Wildman–Crippen MR) is 120 cm³/mol. The molecule has 1 saturated carbocycles. The second kappa shape index (κ2) is 9.14. The van der Waals surface area contributed by atoms with E-state index in [-0.39, 0.29) is 36.0 Å². The first-order valence-corrected chi connectivity index (χ1v) is 11.4. The number of rotatable bonds is 6. The van der Waals surface area contributed by atoms with Gasteiger partial charge in [-0.1, -0.05) is 49.6 Å². The molecule has 2 heterocycles. The van der Waals surface area contributed by atoms with Crippen molar-refractivity contribution in [1.29, 1.82) is 0 Å². The monoisotopic (exact) mass is 437 g/mol. The molecule has 2 aliphatic rings. The van der Waals surface area contributed by atoms with E-state index in [0.717, 1.165) is 31.2 Å². The second-order valence-corrected chi connectivity index (χ2v) is 9.01. The Morgan fingerprint density at radius 3 is 2.59 bits per heavy atom. The highest BCUT2D eigenvalue weighted by Gasteiger charge is 2.46. The van der Waals surface area contributed by atoms with E-state index < -0.39 is 5.54 Å². The normalized spacial score (nSPS) is 21.2. The van der Waals surface area contributed by atoms with Gasteiger partial charge in [-0.25, -0.2) is 0 Å². The van der Waals surface area contributed by atoms with Crippen molar-refractivity contribution in [3.63, 3.8) is 0 Å². The van der Waals surface area contributed by atoms with Gasteiger partial charge in [-0.05, 0) is 31.7 Å². The number of likely N-dealkylation sites (N-methyl/N-ethyl adjacent to an activating group) is 1. The van der Waals surface area contributed by atoms with E-state index in [1.807, 2.05) is 30.3 Å². The third-order valence-electron chi connectivity index (χ3n) is 6.71. The first-order chi connectivity index (χ1) is 15.4. The number of hydrogen-bond acceptors (Lipinski definition) is 4. The Balaban J connectivity index is 1.43. The number of carbonyl (C=O) groups excluding carboxylic acids is 3. The van der Waals surface area contributed by atoms with Crippen LogP contribution < -0.4 is 10.6 Å². The molecule has 2 N–H and O–H groups in total. The average Bonchev–Trinajstić information content (AvgIpc) is 3.23. The van der Waals surface area contributed by atoms with E-state index in [1.165, 1.54) is 22.1 Å². The molecule has 32 heavy (non-hydrogen) atoms. The maximum atomic E-state index is 13.1. The van der Waals surface area contributed by atoms with Crippen molar-refractivity contribution in [3.8, 4) is 0 Å². The molecule has 0 radical (unpaired) electrons. The topological polar surface area (TPSA) is 96.3 Å². The molecule has 1 fully saturated rings. The van der Waals surface area contributed by atoms with Gasteiger partial charge in [0.05, 0.1) is 6.54 Å². The number of carbonyl (C=O) groups is 3. The summed E-state index contributed by atoms with van der Waals surface area (Å²) in [5, 5.41) is 10.4. The zero-order chi connectivity index (χ0) is 22.7. The third kappa shape index (κ3) is 4.40. The Hall–Kier alpha value is -3.16. The third-order valence-corrected chi connectivity index (χ3v) is 6.71. The van der Waals surface area contributed by atoms with Crippen molar-refractivity contribution in [3.05, 3.63) is 53.3 Å². The SMILES string of the molecule is CN1C(=O)c2cc(C(=O)NCCc3ccccc3)nn2CC1(C)C(=O)NC1CCCCC1. The number of nitrogens with one attached hydrogen (secondary N) is 2. The Morgan fingerprint density at radius 2 is 1.88 bits per heavy atom. The average molecular weight is 438 g/mol. The lowest BCUT2D eigenvalue weighted by Crippen LogP contribution is -2.63. The van der Waals surface area contributed by atoms with Crippen LogP contribution in [0.1, 0.15) is 65.6 Å².